The molecule has 14 heavy (non-hydrogen) atoms. The predicted molar refractivity (Wildman–Crippen MR) is 71.7 cm³/mol. The van der Waals surface area contributed by atoms with E-state index in [2.05, 4.69) is 36.1 Å². The molecule has 0 spiro atoms. The van der Waals surface area contributed by atoms with Crippen molar-refractivity contribution in [3.63, 3.8) is 0 Å². The van der Waals surface area contributed by atoms with Gasteiger partial charge in [0.1, 0.15) is 0 Å². The van der Waals surface area contributed by atoms with Crippen molar-refractivity contribution in [2.24, 2.45) is 0 Å². The van der Waals surface area contributed by atoms with Crippen molar-refractivity contribution in [2.75, 3.05) is 6.61 Å². The Labute approximate surface area is 101 Å². The van der Waals surface area contributed by atoms with Crippen LogP contribution in [0.2, 0.25) is 0 Å². The molecular weight excluding hydrogens is 287 g/mol. The number of aliphatic hydroxyl groups excluding tert-OH is 1. The van der Waals surface area contributed by atoms with Crippen molar-refractivity contribution in [3.8, 4) is 0 Å². The van der Waals surface area contributed by atoms with Crippen molar-refractivity contribution in [1.82, 2.24) is 0 Å². The smallest absolute Gasteiger partial charge is 0.0654 e. The van der Waals surface area contributed by atoms with Crippen LogP contribution in [-0.2, 0) is 0 Å². The summed E-state index contributed by atoms with van der Waals surface area (Å²) in [4.78, 5) is 0. The number of unbranched alkanes of at least 4 members (excludes halogenated alkanes) is 3. The number of hydrogen-bond acceptors (Lipinski definition) is 1. The first kappa shape index (κ1) is 14.2. The highest BCUT2D eigenvalue weighted by atomic mass is 127. The van der Waals surface area contributed by atoms with Crippen molar-refractivity contribution < 1.29 is 5.11 Å². The summed E-state index contributed by atoms with van der Waals surface area (Å²) >= 11 is 2.35. The SMILES string of the molecule is C=CC/C(CO)=C(/I)CCCCCC. The number of allylic oxidation sites excluding steroid dienone is 2. The maximum Gasteiger partial charge on any atom is 0.0654 e. The Morgan fingerprint density at radius 1 is 1.36 bits per heavy atom. The topological polar surface area (TPSA) is 20.2 Å². The second-order valence-electron chi connectivity index (χ2n) is 3.47. The summed E-state index contributed by atoms with van der Waals surface area (Å²) in [7, 11) is 0. The zero-order valence-corrected chi connectivity index (χ0v) is 11.2. The second-order valence-corrected chi connectivity index (χ2v) is 4.77. The molecule has 82 valence electrons. The Morgan fingerprint density at radius 2 is 2.07 bits per heavy atom. The van der Waals surface area contributed by atoms with Crippen LogP contribution in [0.5, 0.6) is 0 Å². The first-order valence-electron chi connectivity index (χ1n) is 5.34. The van der Waals surface area contributed by atoms with Crippen molar-refractivity contribution >= 4 is 22.6 Å². The molecule has 0 aliphatic rings. The van der Waals surface area contributed by atoms with E-state index >= 15 is 0 Å². The predicted octanol–water partition coefficient (Wildman–Crippen LogP) is 4.21. The average molecular weight is 308 g/mol. The van der Waals surface area contributed by atoms with E-state index in [0.29, 0.717) is 0 Å². The lowest BCUT2D eigenvalue weighted by Crippen LogP contribution is -1.92. The molecule has 1 nitrogen and oxygen atoms in total. The van der Waals surface area contributed by atoms with Gasteiger partial charge in [0.2, 0.25) is 0 Å². The fourth-order valence-electron chi connectivity index (χ4n) is 1.32. The van der Waals surface area contributed by atoms with Gasteiger partial charge in [-0.2, -0.15) is 0 Å². The standard InChI is InChI=1S/C12H21IO/c1-3-5-6-7-9-12(13)11(10-14)8-4-2/h4,14H,2-3,5-10H2,1H3/b12-11-. The minimum Gasteiger partial charge on any atom is -0.392 e. The maximum atomic E-state index is 9.12. The lowest BCUT2D eigenvalue weighted by atomic mass is 10.1. The average Bonchev–Trinajstić information content (AvgIpc) is 2.20. The van der Waals surface area contributed by atoms with Gasteiger partial charge < -0.3 is 5.11 Å². The molecule has 0 amide bonds. The zero-order valence-electron chi connectivity index (χ0n) is 9.06. The second kappa shape index (κ2) is 9.71. The summed E-state index contributed by atoms with van der Waals surface area (Å²) in [6.07, 6.45) is 8.94. The van der Waals surface area contributed by atoms with Crippen LogP contribution in [0, 0.1) is 0 Å². The monoisotopic (exact) mass is 308 g/mol. The normalized spacial score (nSPS) is 12.5. The van der Waals surface area contributed by atoms with Crippen molar-refractivity contribution in [1.29, 1.82) is 0 Å². The summed E-state index contributed by atoms with van der Waals surface area (Å²) in [5.74, 6) is 0. The molecule has 0 unspecified atom stereocenters. The van der Waals surface area contributed by atoms with Gasteiger partial charge in [-0.3, -0.25) is 0 Å². The molecule has 0 radical (unpaired) electrons. The third-order valence-electron chi connectivity index (χ3n) is 2.22. The first-order chi connectivity index (χ1) is 6.76. The molecule has 0 saturated carbocycles. The van der Waals surface area contributed by atoms with Crippen LogP contribution < -0.4 is 0 Å². The fraction of sp³-hybridized carbons (Fsp3) is 0.667. The van der Waals surface area contributed by atoms with Crippen LogP contribution in [0.15, 0.2) is 21.8 Å². The van der Waals surface area contributed by atoms with E-state index < -0.39 is 0 Å². The van der Waals surface area contributed by atoms with Gasteiger partial charge in [0.15, 0.2) is 0 Å². The van der Waals surface area contributed by atoms with Crippen LogP contribution >= 0.6 is 22.6 Å². The summed E-state index contributed by atoms with van der Waals surface area (Å²) in [6.45, 7) is 6.09. The Balaban J connectivity index is 3.86. The van der Waals surface area contributed by atoms with Crippen LogP contribution in [0.4, 0.5) is 0 Å². The van der Waals surface area contributed by atoms with Gasteiger partial charge in [0.05, 0.1) is 6.61 Å². The molecule has 0 aromatic carbocycles. The van der Waals surface area contributed by atoms with Crippen LogP contribution in [0.1, 0.15) is 45.4 Å². The van der Waals surface area contributed by atoms with Crippen LogP contribution in [0.3, 0.4) is 0 Å². The van der Waals surface area contributed by atoms with E-state index in [1.165, 1.54) is 29.3 Å². The molecule has 0 fully saturated rings. The molecule has 0 heterocycles. The van der Waals surface area contributed by atoms with E-state index in [-0.39, 0.29) is 6.61 Å². The minimum atomic E-state index is 0.179. The van der Waals surface area contributed by atoms with Gasteiger partial charge in [-0.25, -0.2) is 0 Å². The molecule has 0 aliphatic heterocycles. The third kappa shape index (κ3) is 6.60. The number of aliphatic hydroxyl groups is 1. The van der Waals surface area contributed by atoms with Crippen LogP contribution in [0.25, 0.3) is 0 Å². The van der Waals surface area contributed by atoms with E-state index in [0.717, 1.165) is 18.4 Å². The number of rotatable bonds is 8. The number of hydrogen-bond donors (Lipinski definition) is 1. The Morgan fingerprint density at radius 3 is 2.57 bits per heavy atom. The molecule has 0 saturated heterocycles. The molecule has 0 bridgehead atoms. The Bertz CT molecular complexity index is 185. The molecule has 0 atom stereocenters. The van der Waals surface area contributed by atoms with Gasteiger partial charge in [0.25, 0.3) is 0 Å². The molecule has 0 rings (SSSR count). The summed E-state index contributed by atoms with van der Waals surface area (Å²) in [5, 5.41) is 9.12. The van der Waals surface area contributed by atoms with Gasteiger partial charge in [-0.05, 0) is 51.0 Å². The lowest BCUT2D eigenvalue weighted by molar-refractivity contribution is 0.328. The summed E-state index contributed by atoms with van der Waals surface area (Å²) in [6, 6.07) is 0. The molecule has 0 aliphatic carbocycles. The quantitative estimate of drug-likeness (QED) is 0.404. The van der Waals surface area contributed by atoms with Crippen molar-refractivity contribution in [3.05, 3.63) is 21.8 Å². The highest BCUT2D eigenvalue weighted by Crippen LogP contribution is 2.22. The largest absolute Gasteiger partial charge is 0.392 e. The molecule has 0 aromatic rings. The minimum absolute atomic E-state index is 0.179. The van der Waals surface area contributed by atoms with Gasteiger partial charge in [-0.1, -0.05) is 32.3 Å². The Hall–Kier alpha value is 0.170. The molecular formula is C12H21IO. The molecule has 0 aromatic heterocycles. The van der Waals surface area contributed by atoms with E-state index in [4.69, 9.17) is 5.11 Å². The summed E-state index contributed by atoms with van der Waals surface area (Å²) < 4.78 is 1.32. The van der Waals surface area contributed by atoms with Crippen LogP contribution in [-0.4, -0.2) is 11.7 Å². The fourth-order valence-corrected chi connectivity index (χ4v) is 2.09. The van der Waals surface area contributed by atoms with E-state index in [1.54, 1.807) is 0 Å². The highest BCUT2D eigenvalue weighted by Gasteiger charge is 2.01. The van der Waals surface area contributed by atoms with Gasteiger partial charge in [-0.15, -0.1) is 6.58 Å². The third-order valence-corrected chi connectivity index (χ3v) is 3.52. The molecule has 1 N–H and O–H groups in total. The maximum absolute atomic E-state index is 9.12. The van der Waals surface area contributed by atoms with Gasteiger partial charge in [0, 0.05) is 0 Å². The molecule has 2 heteroatoms. The van der Waals surface area contributed by atoms with E-state index in [1.807, 2.05) is 6.08 Å². The van der Waals surface area contributed by atoms with E-state index in [9.17, 15) is 0 Å². The highest BCUT2D eigenvalue weighted by molar-refractivity contribution is 14.1. The first-order valence-corrected chi connectivity index (χ1v) is 6.42. The Kier molecular flexibility index (Phi) is 9.83. The van der Waals surface area contributed by atoms with Crippen molar-refractivity contribution in [2.45, 2.75) is 45.4 Å². The lowest BCUT2D eigenvalue weighted by Gasteiger charge is -2.06. The van der Waals surface area contributed by atoms with Gasteiger partial charge >= 0.3 is 0 Å². The summed E-state index contributed by atoms with van der Waals surface area (Å²) in [5.41, 5.74) is 1.14. The number of halogens is 1. The zero-order chi connectivity index (χ0) is 10.8.